The third-order valence-electron chi connectivity index (χ3n) is 4.39. The maximum Gasteiger partial charge on any atom is 0.343 e. The van der Waals surface area contributed by atoms with Gasteiger partial charge in [0.1, 0.15) is 5.75 Å². The Kier molecular flexibility index (Phi) is 6.12. The molecule has 27 heavy (non-hydrogen) atoms. The van der Waals surface area contributed by atoms with E-state index in [4.69, 9.17) is 4.74 Å². The van der Waals surface area contributed by atoms with E-state index in [0.29, 0.717) is 16.9 Å². The standard InChI is InChI=1S/C21H28O4Si2/c1-24-20(22)15-8-10-16(11-9-15)21(23)25-17-12-18(26(2,3)4)14-19(13-17)27(5,6)7/h8-14H,1-7H3. The third-order valence-corrected chi connectivity index (χ3v) is 8.43. The zero-order valence-electron chi connectivity index (χ0n) is 17.2. The molecular formula is C21H28O4Si2. The highest BCUT2D eigenvalue weighted by Crippen LogP contribution is 2.16. The fourth-order valence-electron chi connectivity index (χ4n) is 2.55. The summed E-state index contributed by atoms with van der Waals surface area (Å²) in [5.41, 5.74) is 0.798. The molecule has 0 fully saturated rings. The van der Waals surface area contributed by atoms with Crippen LogP contribution >= 0.6 is 0 Å². The molecule has 0 spiro atoms. The quantitative estimate of drug-likeness (QED) is 0.435. The molecule has 0 N–H and O–H groups in total. The second-order valence-electron chi connectivity index (χ2n) is 8.70. The number of hydrogen-bond donors (Lipinski definition) is 0. The first kappa shape index (κ1) is 21.1. The van der Waals surface area contributed by atoms with Gasteiger partial charge in [0.05, 0.1) is 34.4 Å². The molecule has 0 unspecified atom stereocenters. The van der Waals surface area contributed by atoms with Gasteiger partial charge in [-0.05, 0) is 36.4 Å². The lowest BCUT2D eigenvalue weighted by Gasteiger charge is -2.23. The number of benzene rings is 2. The lowest BCUT2D eigenvalue weighted by atomic mass is 10.1. The molecule has 0 aliphatic carbocycles. The first-order valence-electron chi connectivity index (χ1n) is 8.98. The van der Waals surface area contributed by atoms with Crippen molar-refractivity contribution < 1.29 is 19.1 Å². The monoisotopic (exact) mass is 400 g/mol. The molecule has 6 heteroatoms. The summed E-state index contributed by atoms with van der Waals surface area (Å²) in [6.45, 7) is 13.7. The molecule has 144 valence electrons. The molecule has 2 rings (SSSR count). The molecule has 0 saturated carbocycles. The molecular weight excluding hydrogens is 372 g/mol. The fourth-order valence-corrected chi connectivity index (χ4v) is 5.02. The molecule has 2 aromatic rings. The molecule has 4 nitrogen and oxygen atoms in total. The topological polar surface area (TPSA) is 52.6 Å². The van der Waals surface area contributed by atoms with Crippen LogP contribution in [0.15, 0.2) is 42.5 Å². The summed E-state index contributed by atoms with van der Waals surface area (Å²) in [7, 11) is -1.77. The van der Waals surface area contributed by atoms with Crippen LogP contribution in [0.1, 0.15) is 20.7 Å². The summed E-state index contributed by atoms with van der Waals surface area (Å²) in [6.07, 6.45) is 0. The van der Waals surface area contributed by atoms with Gasteiger partial charge >= 0.3 is 11.9 Å². The summed E-state index contributed by atoms with van der Waals surface area (Å²) in [6, 6.07) is 12.6. The summed E-state index contributed by atoms with van der Waals surface area (Å²) in [4.78, 5) is 24.1. The Bertz CT molecular complexity index is 812. The van der Waals surface area contributed by atoms with Gasteiger partial charge in [0.2, 0.25) is 0 Å². The van der Waals surface area contributed by atoms with E-state index in [1.54, 1.807) is 24.3 Å². The second-order valence-corrected chi connectivity index (χ2v) is 18.9. The van der Waals surface area contributed by atoms with Crippen molar-refractivity contribution in [3.63, 3.8) is 0 Å². The Morgan fingerprint density at radius 2 is 1.11 bits per heavy atom. The van der Waals surface area contributed by atoms with Crippen molar-refractivity contribution >= 4 is 38.5 Å². The van der Waals surface area contributed by atoms with Gasteiger partial charge in [-0.3, -0.25) is 0 Å². The van der Waals surface area contributed by atoms with Gasteiger partial charge in [-0.1, -0.05) is 55.7 Å². The minimum absolute atomic E-state index is 0.399. The highest BCUT2D eigenvalue weighted by molar-refractivity contribution is 6.91. The van der Waals surface area contributed by atoms with Crippen LogP contribution in [0, 0.1) is 0 Å². The van der Waals surface area contributed by atoms with Gasteiger partial charge in [-0.15, -0.1) is 0 Å². The van der Waals surface area contributed by atoms with Crippen molar-refractivity contribution in [3.8, 4) is 5.75 Å². The average Bonchev–Trinajstić information content (AvgIpc) is 2.59. The number of methoxy groups -OCH3 is 1. The zero-order chi connectivity index (χ0) is 20.4. The van der Waals surface area contributed by atoms with Crippen LogP contribution in [0.25, 0.3) is 0 Å². The van der Waals surface area contributed by atoms with Crippen molar-refractivity contribution in [2.75, 3.05) is 7.11 Å². The van der Waals surface area contributed by atoms with E-state index in [0.717, 1.165) is 0 Å². The summed E-state index contributed by atoms with van der Waals surface area (Å²) in [5, 5.41) is 2.57. The fraction of sp³-hybridized carbons (Fsp3) is 0.333. The molecule has 0 aromatic heterocycles. The molecule has 0 amide bonds. The molecule has 0 radical (unpaired) electrons. The largest absolute Gasteiger partial charge is 0.465 e. The maximum absolute atomic E-state index is 12.6. The van der Waals surface area contributed by atoms with Gasteiger partial charge in [-0.2, -0.15) is 0 Å². The molecule has 0 bridgehead atoms. The van der Waals surface area contributed by atoms with Crippen molar-refractivity contribution in [2.24, 2.45) is 0 Å². The van der Waals surface area contributed by atoms with Crippen molar-refractivity contribution in [3.05, 3.63) is 53.6 Å². The molecule has 0 aliphatic heterocycles. The predicted octanol–water partition coefficient (Wildman–Crippen LogP) is 3.78. The van der Waals surface area contributed by atoms with E-state index < -0.39 is 28.1 Å². The molecule has 0 aliphatic rings. The van der Waals surface area contributed by atoms with Gasteiger partial charge in [0.25, 0.3) is 0 Å². The van der Waals surface area contributed by atoms with E-state index in [9.17, 15) is 9.59 Å². The Hall–Kier alpha value is -2.19. The summed E-state index contributed by atoms with van der Waals surface area (Å²) < 4.78 is 10.4. The second kappa shape index (κ2) is 7.82. The van der Waals surface area contributed by atoms with E-state index in [-0.39, 0.29) is 0 Å². The Labute approximate surface area is 163 Å². The Morgan fingerprint density at radius 3 is 1.48 bits per heavy atom. The van der Waals surface area contributed by atoms with Gasteiger partial charge < -0.3 is 9.47 Å². The first-order chi connectivity index (χ1) is 12.4. The summed E-state index contributed by atoms with van der Waals surface area (Å²) >= 11 is 0. The lowest BCUT2D eigenvalue weighted by Crippen LogP contribution is -2.45. The Morgan fingerprint density at radius 1 is 0.704 bits per heavy atom. The van der Waals surface area contributed by atoms with Crippen molar-refractivity contribution in [1.82, 2.24) is 0 Å². The van der Waals surface area contributed by atoms with Crippen molar-refractivity contribution in [1.29, 1.82) is 0 Å². The Balaban J connectivity index is 2.33. The maximum atomic E-state index is 12.6. The minimum Gasteiger partial charge on any atom is -0.465 e. The van der Waals surface area contributed by atoms with Crippen LogP contribution in [-0.4, -0.2) is 35.2 Å². The van der Waals surface area contributed by atoms with E-state index in [1.807, 2.05) is 12.1 Å². The van der Waals surface area contributed by atoms with Crippen LogP contribution in [0.3, 0.4) is 0 Å². The highest BCUT2D eigenvalue weighted by atomic mass is 28.3. The molecule has 0 saturated heterocycles. The van der Waals surface area contributed by atoms with Crippen LogP contribution in [0.5, 0.6) is 5.75 Å². The number of hydrogen-bond acceptors (Lipinski definition) is 4. The lowest BCUT2D eigenvalue weighted by molar-refractivity contribution is 0.0599. The average molecular weight is 401 g/mol. The predicted molar refractivity (Wildman–Crippen MR) is 115 cm³/mol. The van der Waals surface area contributed by atoms with E-state index in [1.165, 1.54) is 17.5 Å². The molecule has 0 atom stereocenters. The number of carbonyl (C=O) groups is 2. The van der Waals surface area contributed by atoms with Crippen LogP contribution in [0.2, 0.25) is 39.3 Å². The molecule has 0 heterocycles. The van der Waals surface area contributed by atoms with Crippen LogP contribution < -0.4 is 15.1 Å². The van der Waals surface area contributed by atoms with E-state index in [2.05, 4.69) is 50.1 Å². The number of carbonyl (C=O) groups excluding carboxylic acids is 2. The normalized spacial score (nSPS) is 11.8. The van der Waals surface area contributed by atoms with E-state index >= 15 is 0 Å². The summed E-state index contributed by atoms with van der Waals surface area (Å²) in [5.74, 6) is -0.271. The number of esters is 2. The van der Waals surface area contributed by atoms with Crippen LogP contribution in [0.4, 0.5) is 0 Å². The smallest absolute Gasteiger partial charge is 0.343 e. The minimum atomic E-state index is -1.55. The highest BCUT2D eigenvalue weighted by Gasteiger charge is 2.24. The van der Waals surface area contributed by atoms with Crippen LogP contribution in [-0.2, 0) is 4.74 Å². The number of ether oxygens (including phenoxy) is 2. The molecule has 2 aromatic carbocycles. The zero-order valence-corrected chi connectivity index (χ0v) is 19.2. The first-order valence-corrected chi connectivity index (χ1v) is 16.0. The van der Waals surface area contributed by atoms with Gasteiger partial charge in [0.15, 0.2) is 0 Å². The van der Waals surface area contributed by atoms with Crippen molar-refractivity contribution in [2.45, 2.75) is 39.3 Å². The third kappa shape index (κ3) is 5.40. The SMILES string of the molecule is COC(=O)c1ccc(C(=O)Oc2cc([Si](C)(C)C)cc([Si](C)(C)C)c2)cc1. The number of rotatable bonds is 5. The van der Waals surface area contributed by atoms with Gasteiger partial charge in [-0.25, -0.2) is 9.59 Å². The van der Waals surface area contributed by atoms with Gasteiger partial charge in [0, 0.05) is 0 Å².